The molecule has 0 aliphatic carbocycles. The maximum absolute atomic E-state index is 10.8. The molecule has 4 heteroatoms. The van der Waals surface area contributed by atoms with Gasteiger partial charge in [0.1, 0.15) is 5.69 Å². The summed E-state index contributed by atoms with van der Waals surface area (Å²) in [4.78, 5) is 13.5. The SMILES string of the molecule is COC(=O)c1cc(CO)c[nH]1. The first-order valence-electron chi connectivity index (χ1n) is 3.14. The number of aliphatic hydroxyl groups excluding tert-OH is 1. The van der Waals surface area contributed by atoms with Gasteiger partial charge in [0.15, 0.2) is 0 Å². The van der Waals surface area contributed by atoms with Gasteiger partial charge in [-0.3, -0.25) is 0 Å². The lowest BCUT2D eigenvalue weighted by Gasteiger charge is -1.91. The molecule has 0 fully saturated rings. The molecule has 4 nitrogen and oxygen atoms in total. The molecule has 0 saturated heterocycles. The van der Waals surface area contributed by atoms with Gasteiger partial charge in [-0.05, 0) is 11.6 Å². The number of hydrogen-bond donors (Lipinski definition) is 2. The zero-order valence-corrected chi connectivity index (χ0v) is 6.13. The molecule has 0 saturated carbocycles. The first kappa shape index (κ1) is 7.81. The van der Waals surface area contributed by atoms with E-state index < -0.39 is 5.97 Å². The summed E-state index contributed by atoms with van der Waals surface area (Å²) in [6, 6.07) is 1.55. The summed E-state index contributed by atoms with van der Waals surface area (Å²) >= 11 is 0. The number of aromatic amines is 1. The molecule has 0 spiro atoms. The van der Waals surface area contributed by atoms with E-state index in [0.717, 1.165) is 0 Å². The molecule has 11 heavy (non-hydrogen) atoms. The maximum Gasteiger partial charge on any atom is 0.354 e. The minimum atomic E-state index is -0.426. The topological polar surface area (TPSA) is 62.3 Å². The molecule has 0 unspecified atom stereocenters. The Labute approximate surface area is 63.8 Å². The van der Waals surface area contributed by atoms with Gasteiger partial charge in [-0.1, -0.05) is 0 Å². The second-order valence-corrected chi connectivity index (χ2v) is 2.07. The normalized spacial score (nSPS) is 9.64. The predicted molar refractivity (Wildman–Crippen MR) is 38.1 cm³/mol. The highest BCUT2D eigenvalue weighted by Crippen LogP contribution is 2.03. The highest BCUT2D eigenvalue weighted by molar-refractivity contribution is 5.87. The van der Waals surface area contributed by atoms with E-state index in [9.17, 15) is 4.79 Å². The number of methoxy groups -OCH3 is 1. The van der Waals surface area contributed by atoms with Crippen LogP contribution in [0, 0.1) is 0 Å². The van der Waals surface area contributed by atoms with Crippen molar-refractivity contribution in [3.05, 3.63) is 23.5 Å². The molecule has 1 heterocycles. The lowest BCUT2D eigenvalue weighted by molar-refractivity contribution is 0.0595. The van der Waals surface area contributed by atoms with E-state index in [4.69, 9.17) is 5.11 Å². The average Bonchev–Trinajstić information content (AvgIpc) is 2.50. The first-order valence-corrected chi connectivity index (χ1v) is 3.14. The summed E-state index contributed by atoms with van der Waals surface area (Å²) in [5.74, 6) is -0.426. The van der Waals surface area contributed by atoms with Crippen molar-refractivity contribution in [2.24, 2.45) is 0 Å². The molecular formula is C7H9NO3. The Bertz CT molecular complexity index is 254. The molecule has 0 aliphatic rings. The number of carbonyl (C=O) groups excluding carboxylic acids is 1. The summed E-state index contributed by atoms with van der Waals surface area (Å²) in [7, 11) is 1.31. The van der Waals surface area contributed by atoms with Crippen molar-refractivity contribution in [1.82, 2.24) is 4.98 Å². The van der Waals surface area contributed by atoms with Gasteiger partial charge in [0.05, 0.1) is 13.7 Å². The van der Waals surface area contributed by atoms with Crippen LogP contribution in [-0.4, -0.2) is 23.2 Å². The van der Waals surface area contributed by atoms with Gasteiger partial charge >= 0.3 is 5.97 Å². The van der Waals surface area contributed by atoms with Gasteiger partial charge in [-0.25, -0.2) is 4.79 Å². The van der Waals surface area contributed by atoms with Crippen LogP contribution in [0.15, 0.2) is 12.3 Å². The molecule has 0 aromatic carbocycles. The van der Waals surface area contributed by atoms with Gasteiger partial charge in [0.25, 0.3) is 0 Å². The Morgan fingerprint density at radius 2 is 2.55 bits per heavy atom. The van der Waals surface area contributed by atoms with Gasteiger partial charge in [0, 0.05) is 6.20 Å². The fraction of sp³-hybridized carbons (Fsp3) is 0.286. The molecule has 1 aromatic heterocycles. The highest BCUT2D eigenvalue weighted by Gasteiger charge is 2.06. The highest BCUT2D eigenvalue weighted by atomic mass is 16.5. The van der Waals surface area contributed by atoms with E-state index in [0.29, 0.717) is 11.3 Å². The van der Waals surface area contributed by atoms with Crippen LogP contribution in [0.2, 0.25) is 0 Å². The van der Waals surface area contributed by atoms with Crippen molar-refractivity contribution in [2.45, 2.75) is 6.61 Å². The molecular weight excluding hydrogens is 146 g/mol. The maximum atomic E-state index is 10.8. The lowest BCUT2D eigenvalue weighted by Crippen LogP contribution is -2.00. The van der Waals surface area contributed by atoms with E-state index in [-0.39, 0.29) is 6.61 Å². The lowest BCUT2D eigenvalue weighted by atomic mass is 10.3. The van der Waals surface area contributed by atoms with Crippen molar-refractivity contribution in [1.29, 1.82) is 0 Å². The Kier molecular flexibility index (Phi) is 2.28. The second kappa shape index (κ2) is 3.21. The standard InChI is InChI=1S/C7H9NO3/c1-11-7(10)6-2-5(4-9)3-8-6/h2-3,8-9H,4H2,1H3. The molecule has 1 aromatic rings. The van der Waals surface area contributed by atoms with Crippen molar-refractivity contribution in [3.8, 4) is 0 Å². The monoisotopic (exact) mass is 155 g/mol. The van der Waals surface area contributed by atoms with Crippen LogP contribution in [0.25, 0.3) is 0 Å². The van der Waals surface area contributed by atoms with Gasteiger partial charge in [-0.2, -0.15) is 0 Å². The number of hydrogen-bond acceptors (Lipinski definition) is 3. The third-order valence-corrected chi connectivity index (χ3v) is 1.33. The fourth-order valence-electron chi connectivity index (χ4n) is 0.758. The van der Waals surface area contributed by atoms with Crippen LogP contribution in [0.4, 0.5) is 0 Å². The summed E-state index contributed by atoms with van der Waals surface area (Å²) in [6.45, 7) is -0.0759. The Hall–Kier alpha value is -1.29. The van der Waals surface area contributed by atoms with E-state index in [1.54, 1.807) is 12.3 Å². The van der Waals surface area contributed by atoms with E-state index in [1.165, 1.54) is 7.11 Å². The van der Waals surface area contributed by atoms with Crippen molar-refractivity contribution in [2.75, 3.05) is 7.11 Å². The zero-order valence-electron chi connectivity index (χ0n) is 6.13. The molecule has 1 rings (SSSR count). The number of nitrogens with one attached hydrogen (secondary N) is 1. The molecule has 60 valence electrons. The van der Waals surface area contributed by atoms with E-state index in [2.05, 4.69) is 9.72 Å². The van der Waals surface area contributed by atoms with E-state index >= 15 is 0 Å². The number of carbonyl (C=O) groups is 1. The Morgan fingerprint density at radius 1 is 1.82 bits per heavy atom. The number of H-pyrrole nitrogens is 1. The third kappa shape index (κ3) is 1.59. The second-order valence-electron chi connectivity index (χ2n) is 2.07. The van der Waals surface area contributed by atoms with Crippen LogP contribution < -0.4 is 0 Å². The van der Waals surface area contributed by atoms with Crippen molar-refractivity contribution < 1.29 is 14.6 Å². The fourth-order valence-corrected chi connectivity index (χ4v) is 0.758. The van der Waals surface area contributed by atoms with Crippen molar-refractivity contribution in [3.63, 3.8) is 0 Å². The van der Waals surface area contributed by atoms with Gasteiger partial charge in [0.2, 0.25) is 0 Å². The van der Waals surface area contributed by atoms with Crippen LogP contribution in [0.1, 0.15) is 16.1 Å². The zero-order chi connectivity index (χ0) is 8.27. The number of aromatic nitrogens is 1. The van der Waals surface area contributed by atoms with Crippen LogP contribution in [0.3, 0.4) is 0 Å². The quantitative estimate of drug-likeness (QED) is 0.603. The van der Waals surface area contributed by atoms with Crippen molar-refractivity contribution >= 4 is 5.97 Å². The molecule has 0 atom stereocenters. The molecule has 0 aliphatic heterocycles. The third-order valence-electron chi connectivity index (χ3n) is 1.33. The Morgan fingerprint density at radius 3 is 3.00 bits per heavy atom. The van der Waals surface area contributed by atoms with Gasteiger partial charge < -0.3 is 14.8 Å². The number of aliphatic hydroxyl groups is 1. The molecule has 0 amide bonds. The molecule has 0 bridgehead atoms. The average molecular weight is 155 g/mol. The summed E-state index contributed by atoms with van der Waals surface area (Å²) in [5.41, 5.74) is 1.03. The largest absolute Gasteiger partial charge is 0.464 e. The van der Waals surface area contributed by atoms with Crippen LogP contribution in [-0.2, 0) is 11.3 Å². The molecule has 2 N–H and O–H groups in total. The summed E-state index contributed by atoms with van der Waals surface area (Å²) < 4.78 is 4.44. The minimum absolute atomic E-state index is 0.0759. The molecule has 0 radical (unpaired) electrons. The van der Waals surface area contributed by atoms with Crippen LogP contribution in [0.5, 0.6) is 0 Å². The van der Waals surface area contributed by atoms with Gasteiger partial charge in [-0.15, -0.1) is 0 Å². The Balaban J connectivity index is 2.80. The number of esters is 1. The number of rotatable bonds is 2. The van der Waals surface area contributed by atoms with Crippen LogP contribution >= 0.6 is 0 Å². The predicted octanol–water partition coefficient (Wildman–Crippen LogP) is 0.294. The minimum Gasteiger partial charge on any atom is -0.464 e. The van der Waals surface area contributed by atoms with E-state index in [1.807, 2.05) is 0 Å². The number of ether oxygens (including phenoxy) is 1. The summed E-state index contributed by atoms with van der Waals surface area (Å²) in [5, 5.41) is 8.63. The summed E-state index contributed by atoms with van der Waals surface area (Å²) in [6.07, 6.45) is 1.56. The smallest absolute Gasteiger partial charge is 0.354 e. The first-order chi connectivity index (χ1) is 5.27.